The van der Waals surface area contributed by atoms with Crippen molar-refractivity contribution in [3.63, 3.8) is 0 Å². The first-order valence-electron chi connectivity index (χ1n) is 9.87. The molecular weight excluding hydrogens is 449 g/mol. The molecule has 1 heterocycles. The van der Waals surface area contributed by atoms with E-state index in [-0.39, 0.29) is 6.09 Å². The molecule has 4 heteroatoms. The minimum Gasteiger partial charge on any atom is -0.445 e. The van der Waals surface area contributed by atoms with Gasteiger partial charge in [0.05, 0.1) is 0 Å². The average Bonchev–Trinajstić information content (AvgIpc) is 2.89. The Kier molecular flexibility index (Phi) is 6.01. The topological polar surface area (TPSA) is 29.5 Å². The number of benzene rings is 2. The molecule has 1 aliphatic carbocycles. The van der Waals surface area contributed by atoms with Gasteiger partial charge in [0.2, 0.25) is 0 Å². The second-order valence-electron chi connectivity index (χ2n) is 7.73. The summed E-state index contributed by atoms with van der Waals surface area (Å²) in [6.07, 6.45) is 3.26. The molecule has 4 rings (SSSR count). The number of amides is 1. The lowest BCUT2D eigenvalue weighted by Gasteiger charge is -2.22. The van der Waals surface area contributed by atoms with E-state index < -0.39 is 0 Å². The first kappa shape index (κ1) is 18.8. The molecule has 0 radical (unpaired) electrons. The minimum absolute atomic E-state index is 0.163. The van der Waals surface area contributed by atoms with Crippen molar-refractivity contribution in [2.24, 2.45) is 11.8 Å². The molecule has 0 spiro atoms. The highest BCUT2D eigenvalue weighted by Gasteiger charge is 2.43. The molecule has 0 aromatic heterocycles. The number of rotatable bonds is 3. The maximum atomic E-state index is 12.5. The van der Waals surface area contributed by atoms with E-state index in [0.29, 0.717) is 28.3 Å². The van der Waals surface area contributed by atoms with Gasteiger partial charge in [-0.1, -0.05) is 83.3 Å². The summed E-state index contributed by atoms with van der Waals surface area (Å²) in [5.74, 6) is 2.06. The predicted octanol–water partition coefficient (Wildman–Crippen LogP) is 5.64. The van der Waals surface area contributed by atoms with Crippen LogP contribution in [0.1, 0.15) is 36.3 Å². The largest absolute Gasteiger partial charge is 0.445 e. The molecule has 1 saturated heterocycles. The second-order valence-corrected chi connectivity index (χ2v) is 9.16. The summed E-state index contributed by atoms with van der Waals surface area (Å²) in [5, 5.41) is 0. The van der Waals surface area contributed by atoms with Crippen LogP contribution >= 0.6 is 22.6 Å². The monoisotopic (exact) mass is 475 g/mol. The minimum atomic E-state index is -0.163. The van der Waals surface area contributed by atoms with E-state index in [1.807, 2.05) is 35.2 Å². The van der Waals surface area contributed by atoms with E-state index in [4.69, 9.17) is 4.74 Å². The van der Waals surface area contributed by atoms with Gasteiger partial charge in [-0.15, -0.1) is 0 Å². The smallest absolute Gasteiger partial charge is 0.410 e. The van der Waals surface area contributed by atoms with Crippen molar-refractivity contribution in [3.05, 3.63) is 71.8 Å². The Balaban J connectivity index is 1.34. The molecule has 0 unspecified atom stereocenters. The third-order valence-corrected chi connectivity index (χ3v) is 7.94. The Labute approximate surface area is 175 Å². The highest BCUT2D eigenvalue weighted by atomic mass is 127. The van der Waals surface area contributed by atoms with Crippen molar-refractivity contribution in [3.8, 4) is 0 Å². The standard InChI is InChI=1S/C23H26INO2/c24-22-20-12-14-25(23(26)27-16-17-7-3-1-4-8-17)13-11-19(20)15-21(22)18-9-5-2-6-10-18/h1-10,19-22H,11-16H2/t19-,20+,21-,22-/m0/s1. The summed E-state index contributed by atoms with van der Waals surface area (Å²) in [6, 6.07) is 20.8. The summed E-state index contributed by atoms with van der Waals surface area (Å²) < 4.78 is 6.20. The van der Waals surface area contributed by atoms with Crippen LogP contribution in [0.5, 0.6) is 0 Å². The molecule has 0 bridgehead atoms. The zero-order chi connectivity index (χ0) is 18.6. The van der Waals surface area contributed by atoms with E-state index in [9.17, 15) is 4.79 Å². The molecule has 3 nitrogen and oxygen atoms in total. The molecular formula is C23H26INO2. The average molecular weight is 475 g/mol. The van der Waals surface area contributed by atoms with Crippen molar-refractivity contribution >= 4 is 28.7 Å². The van der Waals surface area contributed by atoms with E-state index in [0.717, 1.165) is 31.5 Å². The number of carbonyl (C=O) groups is 1. The summed E-state index contributed by atoms with van der Waals surface area (Å²) >= 11 is 2.66. The normalized spacial score (nSPS) is 27.7. The molecule has 2 aromatic rings. The lowest BCUT2D eigenvalue weighted by Crippen LogP contribution is -2.33. The number of hydrogen-bond acceptors (Lipinski definition) is 2. The lowest BCUT2D eigenvalue weighted by molar-refractivity contribution is 0.0967. The molecule has 1 aliphatic heterocycles. The van der Waals surface area contributed by atoms with Crippen molar-refractivity contribution in [1.29, 1.82) is 0 Å². The summed E-state index contributed by atoms with van der Waals surface area (Å²) in [6.45, 7) is 1.99. The van der Waals surface area contributed by atoms with Crippen molar-refractivity contribution in [2.45, 2.75) is 35.7 Å². The van der Waals surface area contributed by atoms with Gasteiger partial charge in [-0.25, -0.2) is 4.79 Å². The van der Waals surface area contributed by atoms with Gasteiger partial charge in [0, 0.05) is 17.0 Å². The van der Waals surface area contributed by atoms with Crippen LogP contribution < -0.4 is 0 Å². The Morgan fingerprint density at radius 2 is 1.67 bits per heavy atom. The second kappa shape index (κ2) is 8.63. The fraction of sp³-hybridized carbons (Fsp3) is 0.435. The first-order chi connectivity index (χ1) is 13.2. The Bertz CT molecular complexity index is 751. The van der Waals surface area contributed by atoms with Gasteiger partial charge >= 0.3 is 6.09 Å². The molecule has 2 fully saturated rings. The van der Waals surface area contributed by atoms with Crippen molar-refractivity contribution in [2.75, 3.05) is 13.1 Å². The van der Waals surface area contributed by atoms with Gasteiger partial charge in [-0.3, -0.25) is 0 Å². The van der Waals surface area contributed by atoms with E-state index in [2.05, 4.69) is 52.9 Å². The third-order valence-electron chi connectivity index (χ3n) is 6.15. The van der Waals surface area contributed by atoms with Crippen LogP contribution in [0.25, 0.3) is 0 Å². The predicted molar refractivity (Wildman–Crippen MR) is 116 cm³/mol. The lowest BCUT2D eigenvalue weighted by atomic mass is 9.92. The molecule has 142 valence electrons. The molecule has 2 aliphatic rings. The van der Waals surface area contributed by atoms with Crippen LogP contribution in [-0.4, -0.2) is 28.0 Å². The van der Waals surface area contributed by atoms with Gasteiger partial charge in [0.25, 0.3) is 0 Å². The van der Waals surface area contributed by atoms with Crippen LogP contribution in [0.3, 0.4) is 0 Å². The van der Waals surface area contributed by atoms with E-state index >= 15 is 0 Å². The fourth-order valence-electron chi connectivity index (χ4n) is 4.67. The number of hydrogen-bond donors (Lipinski definition) is 0. The van der Waals surface area contributed by atoms with E-state index in [1.54, 1.807) is 0 Å². The number of carbonyl (C=O) groups excluding carboxylic acids is 1. The summed E-state index contributed by atoms with van der Waals surface area (Å²) in [4.78, 5) is 14.4. The highest BCUT2D eigenvalue weighted by Crippen LogP contribution is 2.50. The van der Waals surface area contributed by atoms with Crippen LogP contribution in [0.15, 0.2) is 60.7 Å². The van der Waals surface area contributed by atoms with Crippen LogP contribution in [0.4, 0.5) is 4.79 Å². The van der Waals surface area contributed by atoms with Crippen LogP contribution in [0.2, 0.25) is 0 Å². The maximum Gasteiger partial charge on any atom is 0.410 e. The number of halogens is 1. The quantitative estimate of drug-likeness (QED) is 0.425. The first-order valence-corrected chi connectivity index (χ1v) is 11.1. The number of likely N-dealkylation sites (tertiary alicyclic amines) is 1. The zero-order valence-electron chi connectivity index (χ0n) is 15.5. The maximum absolute atomic E-state index is 12.5. The SMILES string of the molecule is O=C(OCc1ccccc1)N1CC[C@H]2C[C@@H](c3ccccc3)[C@@H](I)[C@@H]2CC1. The highest BCUT2D eigenvalue weighted by molar-refractivity contribution is 14.1. The molecule has 4 atom stereocenters. The fourth-order valence-corrected chi connectivity index (χ4v) is 6.32. The van der Waals surface area contributed by atoms with Gasteiger partial charge in [-0.2, -0.15) is 0 Å². The summed E-state index contributed by atoms with van der Waals surface area (Å²) in [7, 11) is 0. The zero-order valence-corrected chi connectivity index (χ0v) is 17.6. The van der Waals surface area contributed by atoms with Gasteiger partial charge in [-0.05, 0) is 48.1 Å². The van der Waals surface area contributed by atoms with Crippen LogP contribution in [-0.2, 0) is 11.3 Å². The number of alkyl halides is 1. The molecule has 0 N–H and O–H groups in total. The molecule has 2 aromatic carbocycles. The summed E-state index contributed by atoms with van der Waals surface area (Å²) in [5.41, 5.74) is 2.51. The Morgan fingerprint density at radius 3 is 2.41 bits per heavy atom. The molecule has 1 saturated carbocycles. The Morgan fingerprint density at radius 1 is 1.00 bits per heavy atom. The van der Waals surface area contributed by atoms with Gasteiger partial charge < -0.3 is 9.64 Å². The molecule has 27 heavy (non-hydrogen) atoms. The third kappa shape index (κ3) is 4.31. The molecule has 1 amide bonds. The van der Waals surface area contributed by atoms with Crippen molar-refractivity contribution in [1.82, 2.24) is 4.90 Å². The number of fused-ring (bicyclic) bond motifs is 1. The van der Waals surface area contributed by atoms with Gasteiger partial charge in [0.1, 0.15) is 6.61 Å². The van der Waals surface area contributed by atoms with Crippen LogP contribution in [0, 0.1) is 11.8 Å². The van der Waals surface area contributed by atoms with Gasteiger partial charge in [0.15, 0.2) is 0 Å². The van der Waals surface area contributed by atoms with E-state index in [1.165, 1.54) is 12.0 Å². The Hall–Kier alpha value is -1.56. The number of nitrogens with zero attached hydrogens (tertiary/aromatic N) is 1. The number of ether oxygens (including phenoxy) is 1. The van der Waals surface area contributed by atoms with Crippen molar-refractivity contribution < 1.29 is 9.53 Å².